The molecule has 0 radical (unpaired) electrons. The summed E-state index contributed by atoms with van der Waals surface area (Å²) in [6, 6.07) is 21.5. The Morgan fingerprint density at radius 1 is 1.00 bits per heavy atom. The fourth-order valence-electron chi connectivity index (χ4n) is 3.56. The van der Waals surface area contributed by atoms with Crippen LogP contribution in [0.4, 0.5) is 5.69 Å². The van der Waals surface area contributed by atoms with E-state index in [0.717, 1.165) is 11.1 Å². The molecule has 0 aliphatic rings. The highest BCUT2D eigenvalue weighted by Crippen LogP contribution is 2.28. The fraction of sp³-hybridized carbons (Fsp3) is 0.125. The molecule has 0 fully saturated rings. The van der Waals surface area contributed by atoms with Crippen molar-refractivity contribution >= 4 is 43.9 Å². The van der Waals surface area contributed by atoms with Crippen LogP contribution in [-0.2, 0) is 21.2 Å². The zero-order valence-electron chi connectivity index (χ0n) is 17.3. The van der Waals surface area contributed by atoms with Crippen LogP contribution >= 0.6 is 11.6 Å². The summed E-state index contributed by atoms with van der Waals surface area (Å²) in [5.41, 5.74) is 2.17. The summed E-state index contributed by atoms with van der Waals surface area (Å²) in [6.07, 6.45) is 1.59. The highest BCUT2D eigenvalue weighted by molar-refractivity contribution is 7.92. The average Bonchev–Trinajstić information content (AvgIpc) is 3.15. The van der Waals surface area contributed by atoms with Gasteiger partial charge in [0.1, 0.15) is 11.5 Å². The molecule has 0 bridgehead atoms. The maximum absolute atomic E-state index is 13.2. The molecule has 1 aromatic heterocycles. The second kappa shape index (κ2) is 9.06. The van der Waals surface area contributed by atoms with Crippen LogP contribution in [0.2, 0.25) is 5.02 Å². The van der Waals surface area contributed by atoms with Gasteiger partial charge in [-0.2, -0.15) is 0 Å². The minimum absolute atomic E-state index is 0.122. The van der Waals surface area contributed by atoms with E-state index in [1.807, 2.05) is 28.8 Å². The number of nitrogens with zero attached hydrogens (tertiary/aromatic N) is 1. The second-order valence-electron chi connectivity index (χ2n) is 7.27. The van der Waals surface area contributed by atoms with Crippen molar-refractivity contribution in [1.82, 2.24) is 4.57 Å². The summed E-state index contributed by atoms with van der Waals surface area (Å²) in [4.78, 5) is 12.7. The molecule has 0 aliphatic carbocycles. The first-order chi connectivity index (χ1) is 15.4. The highest BCUT2D eigenvalue weighted by atomic mass is 35.5. The molecule has 4 rings (SSSR count). The molecule has 0 saturated carbocycles. The normalized spacial score (nSPS) is 11.4. The van der Waals surface area contributed by atoms with E-state index < -0.39 is 21.5 Å². The lowest BCUT2D eigenvalue weighted by Gasteiger charge is -2.10. The Labute approximate surface area is 191 Å². The van der Waals surface area contributed by atoms with Crippen LogP contribution in [0.5, 0.6) is 5.75 Å². The molecule has 1 amide bonds. The quantitative estimate of drug-likeness (QED) is 0.424. The number of halogens is 1. The molecule has 8 heteroatoms. The van der Waals surface area contributed by atoms with Gasteiger partial charge in [-0.15, -0.1) is 0 Å². The summed E-state index contributed by atoms with van der Waals surface area (Å²) in [7, 11) is -2.42. The van der Waals surface area contributed by atoms with Gasteiger partial charge in [0.2, 0.25) is 5.91 Å². The first kappa shape index (κ1) is 21.9. The predicted octanol–water partition coefficient (Wildman–Crippen LogP) is 4.76. The van der Waals surface area contributed by atoms with Crippen LogP contribution < -0.4 is 10.1 Å². The first-order valence-electron chi connectivity index (χ1n) is 9.85. The molecule has 0 unspecified atom stereocenters. The number of ether oxygens (including phenoxy) is 1. The fourth-order valence-corrected chi connectivity index (χ4v) is 5.06. The molecule has 164 valence electrons. The van der Waals surface area contributed by atoms with Gasteiger partial charge in [0.25, 0.3) is 0 Å². The van der Waals surface area contributed by atoms with Crippen molar-refractivity contribution in [1.29, 1.82) is 0 Å². The summed E-state index contributed by atoms with van der Waals surface area (Å²) in [5, 5.41) is 3.84. The number of benzene rings is 3. The van der Waals surface area contributed by atoms with Gasteiger partial charge < -0.3 is 14.6 Å². The molecule has 3 aromatic carbocycles. The van der Waals surface area contributed by atoms with Crippen LogP contribution in [-0.4, -0.2) is 31.8 Å². The monoisotopic (exact) mass is 468 g/mol. The Balaban J connectivity index is 1.63. The van der Waals surface area contributed by atoms with Gasteiger partial charge in [0.15, 0.2) is 9.84 Å². The Kier molecular flexibility index (Phi) is 6.21. The smallest absolute Gasteiger partial charge is 0.240 e. The first-order valence-corrected chi connectivity index (χ1v) is 11.9. The Morgan fingerprint density at radius 2 is 1.69 bits per heavy atom. The van der Waals surface area contributed by atoms with E-state index in [0.29, 0.717) is 28.4 Å². The summed E-state index contributed by atoms with van der Waals surface area (Å²) in [6.45, 7) is 0.473. The number of methoxy groups -OCH3 is 1. The van der Waals surface area contributed by atoms with Crippen molar-refractivity contribution < 1.29 is 17.9 Å². The molecule has 0 saturated heterocycles. The zero-order chi connectivity index (χ0) is 22.7. The lowest BCUT2D eigenvalue weighted by atomic mass is 10.2. The van der Waals surface area contributed by atoms with Crippen molar-refractivity contribution in [2.45, 2.75) is 11.4 Å². The van der Waals surface area contributed by atoms with E-state index >= 15 is 0 Å². The van der Waals surface area contributed by atoms with E-state index in [9.17, 15) is 13.2 Å². The number of aromatic nitrogens is 1. The molecule has 1 heterocycles. The lowest BCUT2D eigenvalue weighted by Crippen LogP contribution is -2.23. The molecule has 32 heavy (non-hydrogen) atoms. The van der Waals surface area contributed by atoms with E-state index in [2.05, 4.69) is 5.32 Å². The molecule has 0 spiro atoms. The largest absolute Gasteiger partial charge is 0.495 e. The number of hydrogen-bond acceptors (Lipinski definition) is 4. The third-order valence-corrected chi connectivity index (χ3v) is 6.95. The molecular formula is C24H21ClN2O4S. The van der Waals surface area contributed by atoms with E-state index in [-0.39, 0.29) is 4.90 Å². The van der Waals surface area contributed by atoms with E-state index in [4.69, 9.17) is 16.3 Å². The Bertz CT molecular complexity index is 1380. The van der Waals surface area contributed by atoms with Crippen molar-refractivity contribution in [2.24, 2.45) is 0 Å². The minimum atomic E-state index is -3.90. The third-order valence-electron chi connectivity index (χ3n) is 5.06. The number of para-hydroxylation sites is 3. The van der Waals surface area contributed by atoms with E-state index in [1.165, 1.54) is 7.11 Å². The number of fused-ring (bicyclic) bond motifs is 1. The average molecular weight is 469 g/mol. The predicted molar refractivity (Wildman–Crippen MR) is 126 cm³/mol. The van der Waals surface area contributed by atoms with Crippen LogP contribution in [0, 0.1) is 0 Å². The van der Waals surface area contributed by atoms with E-state index in [1.54, 1.807) is 54.7 Å². The van der Waals surface area contributed by atoms with Crippen LogP contribution in [0.25, 0.3) is 10.9 Å². The highest BCUT2D eigenvalue weighted by Gasteiger charge is 2.25. The van der Waals surface area contributed by atoms with Crippen LogP contribution in [0.3, 0.4) is 0 Å². The van der Waals surface area contributed by atoms with Gasteiger partial charge in [0, 0.05) is 28.7 Å². The zero-order valence-corrected chi connectivity index (χ0v) is 18.9. The maximum atomic E-state index is 13.2. The molecule has 0 aliphatic heterocycles. The maximum Gasteiger partial charge on any atom is 0.240 e. The van der Waals surface area contributed by atoms with Crippen LogP contribution in [0.1, 0.15) is 5.56 Å². The van der Waals surface area contributed by atoms with Crippen molar-refractivity contribution in [2.75, 3.05) is 18.2 Å². The van der Waals surface area contributed by atoms with Gasteiger partial charge in [-0.05, 0) is 35.9 Å². The number of nitrogens with one attached hydrogen (secondary N) is 1. The third kappa shape index (κ3) is 4.64. The van der Waals surface area contributed by atoms with Crippen molar-refractivity contribution in [3.8, 4) is 5.75 Å². The number of carbonyl (C=O) groups excluding carboxylic acids is 1. The molecule has 4 aromatic rings. The van der Waals surface area contributed by atoms with Gasteiger partial charge >= 0.3 is 0 Å². The number of sulfone groups is 1. The number of amides is 1. The van der Waals surface area contributed by atoms with Gasteiger partial charge in [-0.1, -0.05) is 54.1 Å². The molecule has 1 N–H and O–H groups in total. The summed E-state index contributed by atoms with van der Waals surface area (Å²) >= 11 is 5.97. The standard InChI is InChI=1S/C24H21ClN2O4S/c1-31-22-9-5-3-7-20(22)26-24(28)16-32(29,30)23-15-27(21-8-4-2-6-19(21)23)14-17-10-12-18(25)13-11-17/h2-13,15H,14,16H2,1H3,(H,26,28). The molecular weight excluding hydrogens is 448 g/mol. The SMILES string of the molecule is COc1ccccc1NC(=O)CS(=O)(=O)c1cn(Cc2ccc(Cl)cc2)c2ccccc12. The van der Waals surface area contributed by atoms with Gasteiger partial charge in [-0.3, -0.25) is 4.79 Å². The topological polar surface area (TPSA) is 77.4 Å². The van der Waals surface area contributed by atoms with Gasteiger partial charge in [0.05, 0.1) is 17.7 Å². The number of hydrogen-bond donors (Lipinski definition) is 1. The lowest BCUT2D eigenvalue weighted by molar-refractivity contribution is -0.113. The summed E-state index contributed by atoms with van der Waals surface area (Å²) in [5.74, 6) is -0.859. The van der Waals surface area contributed by atoms with Crippen molar-refractivity contribution in [3.05, 3.63) is 89.6 Å². The summed E-state index contributed by atoms with van der Waals surface area (Å²) < 4.78 is 33.5. The second-order valence-corrected chi connectivity index (χ2v) is 9.67. The van der Waals surface area contributed by atoms with Crippen molar-refractivity contribution in [3.63, 3.8) is 0 Å². The number of anilines is 1. The van der Waals surface area contributed by atoms with Crippen LogP contribution in [0.15, 0.2) is 83.9 Å². The molecule has 0 atom stereocenters. The number of carbonyl (C=O) groups is 1. The van der Waals surface area contributed by atoms with Gasteiger partial charge in [-0.25, -0.2) is 8.42 Å². The Hall–Kier alpha value is -3.29. The Morgan fingerprint density at radius 3 is 2.44 bits per heavy atom. The number of rotatable bonds is 7. The minimum Gasteiger partial charge on any atom is -0.495 e. The molecule has 6 nitrogen and oxygen atoms in total.